The Balaban J connectivity index is 1.95. The number of aromatic nitrogens is 4. The van der Waals surface area contributed by atoms with Gasteiger partial charge in [0.2, 0.25) is 0 Å². The van der Waals surface area contributed by atoms with Crippen LogP contribution in [0.15, 0.2) is 0 Å². The van der Waals surface area contributed by atoms with Crippen molar-refractivity contribution in [2.24, 2.45) is 5.92 Å². The lowest BCUT2D eigenvalue weighted by atomic mass is 9.87. The number of H-pyrrole nitrogens is 1. The second kappa shape index (κ2) is 6.80. The van der Waals surface area contributed by atoms with Crippen LogP contribution in [0.1, 0.15) is 51.3 Å². The lowest BCUT2D eigenvalue weighted by molar-refractivity contribution is 0.266. The molecular formula is C12H23N5O3S. The summed E-state index contributed by atoms with van der Waals surface area (Å²) >= 11 is 0. The van der Waals surface area contributed by atoms with Crippen molar-refractivity contribution in [1.29, 1.82) is 0 Å². The summed E-state index contributed by atoms with van der Waals surface area (Å²) in [5, 5.41) is 17.6. The molecule has 9 heteroatoms. The standard InChI is InChI=1S/C12H23N5O3S/c1-12(11-14-16-17-15-11,9-10-5-2-3-6-10)13-7-4-8-21(18,19)20/h10,13H,2-9H2,1H3,(H,18,19,20)(H,14,15,16,17). The van der Waals surface area contributed by atoms with Gasteiger partial charge >= 0.3 is 0 Å². The molecule has 1 unspecified atom stereocenters. The van der Waals surface area contributed by atoms with Gasteiger partial charge in [-0.15, -0.1) is 10.2 Å². The topological polar surface area (TPSA) is 121 Å². The quantitative estimate of drug-likeness (QED) is 0.480. The van der Waals surface area contributed by atoms with Gasteiger partial charge in [-0.2, -0.15) is 13.6 Å². The average Bonchev–Trinajstić information content (AvgIpc) is 3.06. The second-order valence-corrected chi connectivity index (χ2v) is 7.56. The van der Waals surface area contributed by atoms with Gasteiger partial charge in [-0.05, 0) is 32.2 Å². The van der Waals surface area contributed by atoms with Gasteiger partial charge in [-0.3, -0.25) is 4.55 Å². The Morgan fingerprint density at radius 1 is 1.43 bits per heavy atom. The van der Waals surface area contributed by atoms with Gasteiger partial charge in [-0.25, -0.2) is 0 Å². The zero-order valence-corrected chi connectivity index (χ0v) is 13.1. The first-order valence-corrected chi connectivity index (χ1v) is 8.94. The minimum atomic E-state index is -3.91. The fourth-order valence-electron chi connectivity index (χ4n) is 3.05. The minimum Gasteiger partial charge on any atom is -0.305 e. The van der Waals surface area contributed by atoms with Crippen molar-refractivity contribution in [2.45, 2.75) is 51.0 Å². The van der Waals surface area contributed by atoms with Crippen molar-refractivity contribution in [3.8, 4) is 0 Å². The maximum atomic E-state index is 10.8. The van der Waals surface area contributed by atoms with Crippen LogP contribution in [-0.4, -0.2) is 45.9 Å². The van der Waals surface area contributed by atoms with Crippen molar-refractivity contribution in [3.05, 3.63) is 5.82 Å². The monoisotopic (exact) mass is 317 g/mol. The van der Waals surface area contributed by atoms with Crippen LogP contribution in [0.5, 0.6) is 0 Å². The molecule has 1 aliphatic carbocycles. The van der Waals surface area contributed by atoms with Gasteiger partial charge in [0, 0.05) is 0 Å². The predicted molar refractivity (Wildman–Crippen MR) is 77.1 cm³/mol. The highest BCUT2D eigenvalue weighted by Crippen LogP contribution is 2.35. The Morgan fingerprint density at radius 3 is 2.71 bits per heavy atom. The minimum absolute atomic E-state index is 0.244. The van der Waals surface area contributed by atoms with Crippen molar-refractivity contribution in [2.75, 3.05) is 12.3 Å². The average molecular weight is 317 g/mol. The largest absolute Gasteiger partial charge is 0.305 e. The molecule has 0 amide bonds. The predicted octanol–water partition coefficient (Wildman–Crippen LogP) is 0.863. The Morgan fingerprint density at radius 2 is 2.14 bits per heavy atom. The summed E-state index contributed by atoms with van der Waals surface area (Å²) in [6.07, 6.45) is 6.18. The van der Waals surface area contributed by atoms with E-state index >= 15 is 0 Å². The number of tetrazole rings is 1. The third-order valence-corrected chi connectivity index (χ3v) is 4.91. The molecule has 0 saturated heterocycles. The first-order valence-electron chi connectivity index (χ1n) is 7.33. The highest BCUT2D eigenvalue weighted by atomic mass is 32.2. The van der Waals surface area contributed by atoms with Crippen LogP contribution < -0.4 is 5.32 Å². The van der Waals surface area contributed by atoms with E-state index in [1.165, 1.54) is 25.7 Å². The molecule has 0 radical (unpaired) electrons. The van der Waals surface area contributed by atoms with E-state index in [4.69, 9.17) is 4.55 Å². The van der Waals surface area contributed by atoms with Crippen LogP contribution in [0.4, 0.5) is 0 Å². The molecule has 1 aliphatic rings. The Hall–Kier alpha value is -1.06. The van der Waals surface area contributed by atoms with Gasteiger partial charge in [0.05, 0.1) is 11.3 Å². The lowest BCUT2D eigenvalue weighted by Crippen LogP contribution is -2.43. The van der Waals surface area contributed by atoms with E-state index in [1.54, 1.807) is 0 Å². The van der Waals surface area contributed by atoms with Crippen molar-refractivity contribution < 1.29 is 13.0 Å². The lowest BCUT2D eigenvalue weighted by Gasteiger charge is -2.30. The van der Waals surface area contributed by atoms with Gasteiger partial charge in [0.25, 0.3) is 10.1 Å². The molecule has 2 rings (SSSR count). The van der Waals surface area contributed by atoms with Gasteiger partial charge in [0.15, 0.2) is 5.82 Å². The molecule has 1 atom stereocenters. The molecule has 0 spiro atoms. The van der Waals surface area contributed by atoms with Crippen LogP contribution in [0.2, 0.25) is 0 Å². The first-order chi connectivity index (χ1) is 9.89. The van der Waals surface area contributed by atoms with Crippen molar-refractivity contribution in [3.63, 3.8) is 0 Å². The second-order valence-electron chi connectivity index (χ2n) is 5.99. The van der Waals surface area contributed by atoms with Crippen LogP contribution in [-0.2, 0) is 15.7 Å². The summed E-state index contributed by atoms with van der Waals surface area (Å²) in [7, 11) is -3.91. The fourth-order valence-corrected chi connectivity index (χ4v) is 3.56. The smallest absolute Gasteiger partial charge is 0.264 e. The molecule has 0 bridgehead atoms. The fraction of sp³-hybridized carbons (Fsp3) is 0.917. The third-order valence-electron chi connectivity index (χ3n) is 4.10. The molecule has 0 aromatic carbocycles. The normalized spacial score (nSPS) is 19.7. The number of rotatable bonds is 8. The molecule has 8 nitrogen and oxygen atoms in total. The molecule has 1 heterocycles. The highest BCUT2D eigenvalue weighted by Gasteiger charge is 2.34. The third kappa shape index (κ3) is 5.01. The summed E-state index contributed by atoms with van der Waals surface area (Å²) in [5.74, 6) is 0.981. The SMILES string of the molecule is CC(CC1CCCC1)(NCCCS(=O)(=O)O)c1nn[nH]n1. The van der Waals surface area contributed by atoms with E-state index in [9.17, 15) is 8.42 Å². The summed E-state index contributed by atoms with van der Waals surface area (Å²) in [6, 6.07) is 0. The Kier molecular flexibility index (Phi) is 5.28. The molecule has 21 heavy (non-hydrogen) atoms. The van der Waals surface area contributed by atoms with Gasteiger partial charge in [-0.1, -0.05) is 30.9 Å². The summed E-state index contributed by atoms with van der Waals surface area (Å²) in [6.45, 7) is 2.49. The van der Waals surface area contributed by atoms with Gasteiger partial charge < -0.3 is 5.32 Å². The summed E-state index contributed by atoms with van der Waals surface area (Å²) < 4.78 is 30.3. The van der Waals surface area contributed by atoms with E-state index in [1.807, 2.05) is 6.92 Å². The maximum Gasteiger partial charge on any atom is 0.264 e. The molecule has 120 valence electrons. The summed E-state index contributed by atoms with van der Waals surface area (Å²) in [4.78, 5) is 0. The number of hydrogen-bond donors (Lipinski definition) is 3. The summed E-state index contributed by atoms with van der Waals surface area (Å²) in [5.41, 5.74) is -0.429. The molecule has 1 saturated carbocycles. The molecular weight excluding hydrogens is 294 g/mol. The Labute approximate surface area is 124 Å². The number of nitrogens with zero attached hydrogens (tertiary/aromatic N) is 3. The van der Waals surface area contributed by atoms with Gasteiger partial charge in [0.1, 0.15) is 0 Å². The van der Waals surface area contributed by atoms with Crippen molar-refractivity contribution in [1.82, 2.24) is 25.9 Å². The van der Waals surface area contributed by atoms with Crippen molar-refractivity contribution >= 4 is 10.1 Å². The van der Waals surface area contributed by atoms with E-state index in [-0.39, 0.29) is 5.75 Å². The maximum absolute atomic E-state index is 10.8. The zero-order valence-electron chi connectivity index (χ0n) is 12.2. The molecule has 1 fully saturated rings. The number of nitrogens with one attached hydrogen (secondary N) is 2. The Bertz CT molecular complexity index is 527. The molecule has 0 aliphatic heterocycles. The van der Waals surface area contributed by atoms with E-state index in [0.29, 0.717) is 24.7 Å². The van der Waals surface area contributed by atoms with Crippen LogP contribution in [0.3, 0.4) is 0 Å². The molecule has 1 aromatic rings. The van der Waals surface area contributed by atoms with Crippen LogP contribution in [0, 0.1) is 5.92 Å². The molecule has 1 aromatic heterocycles. The highest BCUT2D eigenvalue weighted by molar-refractivity contribution is 7.85. The van der Waals surface area contributed by atoms with E-state index < -0.39 is 15.7 Å². The van der Waals surface area contributed by atoms with E-state index in [2.05, 4.69) is 25.9 Å². The van der Waals surface area contributed by atoms with Crippen LogP contribution >= 0.6 is 0 Å². The van der Waals surface area contributed by atoms with Crippen LogP contribution in [0.25, 0.3) is 0 Å². The van der Waals surface area contributed by atoms with E-state index in [0.717, 1.165) is 6.42 Å². The number of aromatic amines is 1. The molecule has 3 N–H and O–H groups in total. The zero-order chi connectivity index (χ0) is 15.3. The first kappa shape index (κ1) is 16.3. The number of hydrogen-bond acceptors (Lipinski definition) is 6.